The van der Waals surface area contributed by atoms with Gasteiger partial charge in [0.1, 0.15) is 5.75 Å². The minimum atomic E-state index is -0.230. The quantitative estimate of drug-likeness (QED) is 0.568. The number of thiophene rings is 1. The topological polar surface area (TPSA) is 60.2 Å². The number of nitrogens with zero attached hydrogens (tertiary/aromatic N) is 4. The molecule has 0 aliphatic carbocycles. The zero-order chi connectivity index (χ0) is 19.5. The van der Waals surface area contributed by atoms with Crippen LogP contribution in [0.4, 0.5) is 0 Å². The fraction of sp³-hybridized carbons (Fsp3) is 0.350. The van der Waals surface area contributed by atoms with E-state index >= 15 is 0 Å². The second kappa shape index (κ2) is 8.36. The molecule has 3 aromatic rings. The summed E-state index contributed by atoms with van der Waals surface area (Å²) in [6.45, 7) is 3.64. The van der Waals surface area contributed by atoms with Gasteiger partial charge in [0, 0.05) is 13.1 Å². The van der Waals surface area contributed by atoms with Gasteiger partial charge in [-0.05, 0) is 43.3 Å². The average Bonchev–Trinajstić information content (AvgIpc) is 3.48. The van der Waals surface area contributed by atoms with Gasteiger partial charge in [0.05, 0.1) is 22.9 Å². The van der Waals surface area contributed by atoms with Gasteiger partial charge in [-0.15, -0.1) is 21.5 Å². The van der Waals surface area contributed by atoms with Crippen LogP contribution in [0.15, 0.2) is 46.9 Å². The van der Waals surface area contributed by atoms with Gasteiger partial charge in [-0.1, -0.05) is 30.0 Å². The highest BCUT2D eigenvalue weighted by Gasteiger charge is 2.27. The molecule has 4 rings (SSSR count). The molecule has 0 unspecified atom stereocenters. The summed E-state index contributed by atoms with van der Waals surface area (Å²) in [5, 5.41) is 11.3. The highest BCUT2D eigenvalue weighted by Crippen LogP contribution is 2.35. The van der Waals surface area contributed by atoms with E-state index < -0.39 is 0 Å². The lowest BCUT2D eigenvalue weighted by atomic mass is 10.3. The first-order valence-electron chi connectivity index (χ1n) is 9.27. The van der Waals surface area contributed by atoms with Crippen LogP contribution in [0.25, 0.3) is 16.4 Å². The van der Waals surface area contributed by atoms with Gasteiger partial charge in [-0.3, -0.25) is 9.36 Å². The maximum atomic E-state index is 12.8. The van der Waals surface area contributed by atoms with Crippen molar-refractivity contribution in [2.45, 2.75) is 30.2 Å². The molecule has 1 aliphatic heterocycles. The lowest BCUT2D eigenvalue weighted by molar-refractivity contribution is -0.129. The number of hydrogen-bond donors (Lipinski definition) is 0. The Labute approximate surface area is 172 Å². The summed E-state index contributed by atoms with van der Waals surface area (Å²) in [5.74, 6) is 1.65. The Morgan fingerprint density at radius 2 is 1.96 bits per heavy atom. The van der Waals surface area contributed by atoms with Crippen LogP contribution in [0.3, 0.4) is 0 Å². The molecular formula is C20H22N4O2S2. The normalized spacial score (nSPS) is 15.0. The number of likely N-dealkylation sites (tertiary alicyclic amines) is 1. The van der Waals surface area contributed by atoms with Crippen LogP contribution in [0.2, 0.25) is 0 Å². The van der Waals surface area contributed by atoms with Crippen molar-refractivity contribution in [2.24, 2.45) is 0 Å². The second-order valence-corrected chi connectivity index (χ2v) is 8.84. The Bertz CT molecular complexity index is 949. The predicted molar refractivity (Wildman–Crippen MR) is 112 cm³/mol. The third-order valence-corrected chi connectivity index (χ3v) is 6.64. The van der Waals surface area contributed by atoms with Gasteiger partial charge < -0.3 is 9.64 Å². The van der Waals surface area contributed by atoms with Crippen LogP contribution >= 0.6 is 23.1 Å². The van der Waals surface area contributed by atoms with Gasteiger partial charge >= 0.3 is 0 Å². The van der Waals surface area contributed by atoms with Crippen LogP contribution in [0.1, 0.15) is 19.8 Å². The van der Waals surface area contributed by atoms with Crippen molar-refractivity contribution in [1.29, 1.82) is 0 Å². The molecule has 146 valence electrons. The zero-order valence-corrected chi connectivity index (χ0v) is 17.5. The van der Waals surface area contributed by atoms with Gasteiger partial charge in [-0.2, -0.15) is 0 Å². The van der Waals surface area contributed by atoms with E-state index in [1.165, 1.54) is 11.8 Å². The maximum Gasteiger partial charge on any atom is 0.235 e. The van der Waals surface area contributed by atoms with Gasteiger partial charge in [0.15, 0.2) is 11.0 Å². The van der Waals surface area contributed by atoms with E-state index in [9.17, 15) is 4.79 Å². The number of aromatic nitrogens is 3. The van der Waals surface area contributed by atoms with E-state index in [4.69, 9.17) is 4.74 Å². The smallest absolute Gasteiger partial charge is 0.235 e. The predicted octanol–water partition coefficient (Wildman–Crippen LogP) is 4.11. The number of methoxy groups -OCH3 is 1. The minimum absolute atomic E-state index is 0.162. The molecule has 28 heavy (non-hydrogen) atoms. The van der Waals surface area contributed by atoms with Crippen molar-refractivity contribution in [3.8, 4) is 22.1 Å². The molecule has 1 saturated heterocycles. The Kier molecular flexibility index (Phi) is 5.68. The highest BCUT2D eigenvalue weighted by molar-refractivity contribution is 8.00. The van der Waals surface area contributed by atoms with Crippen LogP contribution in [-0.2, 0) is 4.79 Å². The van der Waals surface area contributed by atoms with E-state index in [1.54, 1.807) is 18.4 Å². The van der Waals surface area contributed by atoms with Crippen molar-refractivity contribution in [3.63, 3.8) is 0 Å². The summed E-state index contributed by atoms with van der Waals surface area (Å²) in [6, 6.07) is 11.8. The first-order valence-corrected chi connectivity index (χ1v) is 11.0. The first kappa shape index (κ1) is 19.0. The molecule has 0 saturated carbocycles. The number of rotatable bonds is 6. The molecule has 8 heteroatoms. The molecule has 0 spiro atoms. The Morgan fingerprint density at radius 1 is 1.18 bits per heavy atom. The van der Waals surface area contributed by atoms with Crippen molar-refractivity contribution in [1.82, 2.24) is 19.7 Å². The lowest BCUT2D eigenvalue weighted by Gasteiger charge is -2.20. The number of thioether (sulfide) groups is 1. The van der Waals surface area contributed by atoms with Crippen LogP contribution in [0.5, 0.6) is 5.75 Å². The van der Waals surface area contributed by atoms with E-state index in [0.717, 1.165) is 48.1 Å². The van der Waals surface area contributed by atoms with Crippen molar-refractivity contribution < 1.29 is 9.53 Å². The molecule has 2 aromatic heterocycles. The molecule has 1 fully saturated rings. The molecule has 1 aromatic carbocycles. The van der Waals surface area contributed by atoms with Crippen LogP contribution in [-0.4, -0.2) is 51.0 Å². The summed E-state index contributed by atoms with van der Waals surface area (Å²) < 4.78 is 7.56. The van der Waals surface area contributed by atoms with Crippen LogP contribution < -0.4 is 4.74 Å². The summed E-state index contributed by atoms with van der Waals surface area (Å²) in [4.78, 5) is 15.7. The lowest BCUT2D eigenvalue weighted by Crippen LogP contribution is -2.34. The molecule has 1 amide bonds. The largest absolute Gasteiger partial charge is 0.495 e. The number of carbonyl (C=O) groups excluding carboxylic acids is 1. The van der Waals surface area contributed by atoms with Crippen molar-refractivity contribution >= 4 is 29.0 Å². The van der Waals surface area contributed by atoms with Gasteiger partial charge in [0.2, 0.25) is 5.91 Å². The third kappa shape index (κ3) is 3.66. The Hall–Kier alpha value is -2.32. The van der Waals surface area contributed by atoms with Crippen molar-refractivity contribution in [3.05, 3.63) is 41.8 Å². The molecule has 0 bridgehead atoms. The van der Waals surface area contributed by atoms with E-state index in [1.807, 2.05) is 58.2 Å². The molecule has 6 nitrogen and oxygen atoms in total. The number of benzene rings is 1. The Morgan fingerprint density at radius 3 is 2.68 bits per heavy atom. The van der Waals surface area contributed by atoms with Gasteiger partial charge in [-0.25, -0.2) is 0 Å². The molecule has 1 atom stereocenters. The number of para-hydroxylation sites is 2. The van der Waals surface area contributed by atoms with Crippen LogP contribution in [0, 0.1) is 0 Å². The summed E-state index contributed by atoms with van der Waals surface area (Å²) in [6.07, 6.45) is 2.17. The first-order chi connectivity index (χ1) is 13.7. The van der Waals surface area contributed by atoms with E-state index in [0.29, 0.717) is 5.16 Å². The van der Waals surface area contributed by atoms with Gasteiger partial charge in [0.25, 0.3) is 0 Å². The number of carbonyl (C=O) groups is 1. The summed E-state index contributed by atoms with van der Waals surface area (Å²) >= 11 is 3.05. The highest BCUT2D eigenvalue weighted by atomic mass is 32.2. The molecule has 0 radical (unpaired) electrons. The number of hydrogen-bond acceptors (Lipinski definition) is 6. The fourth-order valence-corrected chi connectivity index (χ4v) is 4.99. The third-order valence-electron chi connectivity index (χ3n) is 4.75. The summed E-state index contributed by atoms with van der Waals surface area (Å²) in [5.41, 5.74) is 0.863. The fourth-order valence-electron chi connectivity index (χ4n) is 3.35. The molecule has 0 N–H and O–H groups in total. The molecule has 1 aliphatic rings. The van der Waals surface area contributed by atoms with Crippen molar-refractivity contribution in [2.75, 3.05) is 20.2 Å². The summed E-state index contributed by atoms with van der Waals surface area (Å²) in [7, 11) is 1.65. The Balaban J connectivity index is 1.72. The molecule has 3 heterocycles. The second-order valence-electron chi connectivity index (χ2n) is 6.58. The minimum Gasteiger partial charge on any atom is -0.495 e. The number of ether oxygens (including phenoxy) is 1. The maximum absolute atomic E-state index is 12.8. The zero-order valence-electron chi connectivity index (χ0n) is 15.9. The van der Waals surface area contributed by atoms with E-state index in [-0.39, 0.29) is 11.2 Å². The standard InChI is InChI=1S/C20H22N4O2S2/c1-14(19(25)23-11-5-6-12-23)28-20-22-21-18(17-10-7-13-27-17)24(20)15-8-3-4-9-16(15)26-2/h3-4,7-10,13-14H,5-6,11-12H2,1-2H3/t14-/m0/s1. The molecular weight excluding hydrogens is 392 g/mol. The van der Waals surface area contributed by atoms with E-state index in [2.05, 4.69) is 10.2 Å². The average molecular weight is 415 g/mol. The SMILES string of the molecule is COc1ccccc1-n1c(S[C@@H](C)C(=O)N2CCCC2)nnc1-c1cccs1. The monoisotopic (exact) mass is 414 g/mol. The number of amides is 1.